The molecule has 0 aromatic heterocycles. The second-order valence-electron chi connectivity index (χ2n) is 4.99. The van der Waals surface area contributed by atoms with Gasteiger partial charge >= 0.3 is 0 Å². The van der Waals surface area contributed by atoms with Gasteiger partial charge in [-0.25, -0.2) is 12.7 Å². The number of rotatable bonds is 6. The SMILES string of the molecule is CCCC(C)(N)C(=O)NCCN1CCCS1(=O)=O.Cl. The van der Waals surface area contributed by atoms with Gasteiger partial charge in [-0.05, 0) is 19.8 Å². The van der Waals surface area contributed by atoms with Crippen molar-refractivity contribution >= 4 is 28.3 Å². The number of nitrogens with one attached hydrogen (secondary N) is 1. The van der Waals surface area contributed by atoms with Gasteiger partial charge in [0.15, 0.2) is 0 Å². The number of nitrogens with two attached hydrogens (primary N) is 1. The van der Waals surface area contributed by atoms with Gasteiger partial charge in [0, 0.05) is 19.6 Å². The van der Waals surface area contributed by atoms with Crippen LogP contribution in [-0.2, 0) is 14.8 Å². The number of hydrogen-bond acceptors (Lipinski definition) is 4. The van der Waals surface area contributed by atoms with Crippen molar-refractivity contribution in [1.82, 2.24) is 9.62 Å². The highest BCUT2D eigenvalue weighted by molar-refractivity contribution is 7.89. The molecule has 0 aliphatic carbocycles. The molecule has 0 spiro atoms. The number of carbonyl (C=O) groups excluding carboxylic acids is 1. The minimum Gasteiger partial charge on any atom is -0.353 e. The summed E-state index contributed by atoms with van der Waals surface area (Å²) in [5.74, 6) is -0.00767. The number of halogens is 1. The van der Waals surface area contributed by atoms with E-state index < -0.39 is 15.6 Å². The van der Waals surface area contributed by atoms with Gasteiger partial charge in [-0.15, -0.1) is 12.4 Å². The first-order valence-corrected chi connectivity index (χ1v) is 7.95. The van der Waals surface area contributed by atoms with Gasteiger partial charge in [-0.3, -0.25) is 4.79 Å². The molecule has 1 rings (SSSR count). The topological polar surface area (TPSA) is 92.5 Å². The summed E-state index contributed by atoms with van der Waals surface area (Å²) >= 11 is 0. The monoisotopic (exact) mass is 313 g/mol. The molecule has 3 N–H and O–H groups in total. The zero-order valence-corrected chi connectivity index (χ0v) is 13.1. The first kappa shape index (κ1) is 18.6. The number of sulfonamides is 1. The van der Waals surface area contributed by atoms with Gasteiger partial charge < -0.3 is 11.1 Å². The summed E-state index contributed by atoms with van der Waals surface area (Å²) in [7, 11) is -3.08. The first-order chi connectivity index (χ1) is 8.29. The van der Waals surface area contributed by atoms with E-state index in [4.69, 9.17) is 5.73 Å². The molecule has 0 aromatic carbocycles. The van der Waals surface area contributed by atoms with Crippen LogP contribution >= 0.6 is 12.4 Å². The minimum absolute atomic E-state index is 0. The zero-order valence-electron chi connectivity index (χ0n) is 11.5. The highest BCUT2D eigenvalue weighted by atomic mass is 35.5. The predicted octanol–water partition coefficient (Wildman–Crippen LogP) is 0.0774. The molecule has 0 saturated carbocycles. The van der Waals surface area contributed by atoms with E-state index in [9.17, 15) is 13.2 Å². The molecule has 1 amide bonds. The van der Waals surface area contributed by atoms with E-state index in [-0.39, 0.29) is 24.1 Å². The Kier molecular flexibility index (Phi) is 7.28. The van der Waals surface area contributed by atoms with Gasteiger partial charge in [0.1, 0.15) is 0 Å². The van der Waals surface area contributed by atoms with Crippen molar-refractivity contribution in [2.24, 2.45) is 5.73 Å². The molecule has 1 aliphatic rings. The molecule has 114 valence electrons. The maximum Gasteiger partial charge on any atom is 0.239 e. The van der Waals surface area contributed by atoms with Crippen molar-refractivity contribution in [3.05, 3.63) is 0 Å². The van der Waals surface area contributed by atoms with Crippen molar-refractivity contribution in [2.45, 2.75) is 38.6 Å². The average molecular weight is 314 g/mol. The fourth-order valence-electron chi connectivity index (χ4n) is 2.07. The Balaban J connectivity index is 0.00000324. The number of carbonyl (C=O) groups is 1. The van der Waals surface area contributed by atoms with Crippen LogP contribution < -0.4 is 11.1 Å². The van der Waals surface area contributed by atoms with E-state index in [0.717, 1.165) is 6.42 Å². The molecule has 0 aromatic rings. The van der Waals surface area contributed by atoms with Crippen LogP contribution in [0.25, 0.3) is 0 Å². The highest BCUT2D eigenvalue weighted by Crippen LogP contribution is 2.12. The van der Waals surface area contributed by atoms with E-state index >= 15 is 0 Å². The Bertz CT molecular complexity index is 398. The number of hydrogen-bond donors (Lipinski definition) is 2. The third kappa shape index (κ3) is 5.25. The normalized spacial score (nSPS) is 21.4. The van der Waals surface area contributed by atoms with Crippen LogP contribution in [0, 0.1) is 0 Å². The number of amides is 1. The van der Waals surface area contributed by atoms with Crippen molar-refractivity contribution in [1.29, 1.82) is 0 Å². The molecule has 0 bridgehead atoms. The minimum atomic E-state index is -3.08. The molecule has 1 saturated heterocycles. The van der Waals surface area contributed by atoms with Crippen molar-refractivity contribution < 1.29 is 13.2 Å². The molecule has 1 heterocycles. The van der Waals surface area contributed by atoms with Crippen molar-refractivity contribution in [3.63, 3.8) is 0 Å². The Morgan fingerprint density at radius 1 is 1.47 bits per heavy atom. The lowest BCUT2D eigenvalue weighted by Crippen LogP contribution is -2.52. The molecule has 19 heavy (non-hydrogen) atoms. The Hall–Kier alpha value is -0.370. The second-order valence-corrected chi connectivity index (χ2v) is 7.08. The Morgan fingerprint density at radius 3 is 2.58 bits per heavy atom. The highest BCUT2D eigenvalue weighted by Gasteiger charge is 2.29. The quantitative estimate of drug-likeness (QED) is 0.726. The van der Waals surface area contributed by atoms with Crippen LogP contribution in [0.1, 0.15) is 33.1 Å². The smallest absolute Gasteiger partial charge is 0.239 e. The average Bonchev–Trinajstić information content (AvgIpc) is 2.58. The standard InChI is InChI=1S/C11H23N3O3S.ClH/c1-3-5-11(2,12)10(15)13-6-8-14-7-4-9-18(14,16)17;/h3-9,12H2,1-2H3,(H,13,15);1H. The van der Waals surface area contributed by atoms with Crippen LogP contribution in [0.5, 0.6) is 0 Å². The molecular weight excluding hydrogens is 290 g/mol. The van der Waals surface area contributed by atoms with Crippen LogP contribution in [0.2, 0.25) is 0 Å². The molecule has 6 nitrogen and oxygen atoms in total. The van der Waals surface area contributed by atoms with Gasteiger partial charge in [0.05, 0.1) is 11.3 Å². The lowest BCUT2D eigenvalue weighted by atomic mass is 9.97. The fraction of sp³-hybridized carbons (Fsp3) is 0.909. The first-order valence-electron chi connectivity index (χ1n) is 6.34. The van der Waals surface area contributed by atoms with Gasteiger partial charge in [-0.1, -0.05) is 13.3 Å². The summed E-state index contributed by atoms with van der Waals surface area (Å²) < 4.78 is 24.5. The van der Waals surface area contributed by atoms with Crippen molar-refractivity contribution in [3.8, 4) is 0 Å². The van der Waals surface area contributed by atoms with Crippen LogP contribution in [0.4, 0.5) is 0 Å². The van der Waals surface area contributed by atoms with Gasteiger partial charge in [0.2, 0.25) is 15.9 Å². The van der Waals surface area contributed by atoms with Crippen molar-refractivity contribution in [2.75, 3.05) is 25.4 Å². The zero-order chi connectivity index (χ0) is 13.8. The molecule has 0 radical (unpaired) electrons. The van der Waals surface area contributed by atoms with Crippen LogP contribution in [-0.4, -0.2) is 49.6 Å². The van der Waals surface area contributed by atoms with Gasteiger partial charge in [0.25, 0.3) is 0 Å². The largest absolute Gasteiger partial charge is 0.353 e. The summed E-state index contributed by atoms with van der Waals surface area (Å²) in [5.41, 5.74) is 5.00. The number of nitrogens with zero attached hydrogens (tertiary/aromatic N) is 1. The van der Waals surface area contributed by atoms with E-state index in [1.165, 1.54) is 4.31 Å². The van der Waals surface area contributed by atoms with E-state index in [0.29, 0.717) is 32.5 Å². The Labute approximate surface area is 121 Å². The maximum absolute atomic E-state index is 11.8. The van der Waals surface area contributed by atoms with Gasteiger partial charge in [-0.2, -0.15) is 0 Å². The third-order valence-electron chi connectivity index (χ3n) is 3.14. The van der Waals surface area contributed by atoms with Crippen LogP contribution in [0.15, 0.2) is 0 Å². The van der Waals surface area contributed by atoms with E-state index in [1.54, 1.807) is 6.92 Å². The summed E-state index contributed by atoms with van der Waals surface area (Å²) in [6, 6.07) is 0. The van der Waals surface area contributed by atoms with E-state index in [1.807, 2.05) is 6.92 Å². The summed E-state index contributed by atoms with van der Waals surface area (Å²) in [6.45, 7) is 4.85. The maximum atomic E-state index is 11.8. The summed E-state index contributed by atoms with van der Waals surface area (Å²) in [6.07, 6.45) is 2.11. The molecule has 8 heteroatoms. The van der Waals surface area contributed by atoms with Crippen LogP contribution in [0.3, 0.4) is 0 Å². The lowest BCUT2D eigenvalue weighted by Gasteiger charge is -2.23. The summed E-state index contributed by atoms with van der Waals surface area (Å²) in [5, 5.41) is 2.70. The Morgan fingerprint density at radius 2 is 2.11 bits per heavy atom. The summed E-state index contributed by atoms with van der Waals surface area (Å²) in [4.78, 5) is 11.8. The molecule has 1 unspecified atom stereocenters. The molecule has 1 fully saturated rings. The molecule has 1 aliphatic heterocycles. The third-order valence-corrected chi connectivity index (χ3v) is 5.09. The molecule has 1 atom stereocenters. The van der Waals surface area contributed by atoms with E-state index in [2.05, 4.69) is 5.32 Å². The fourth-order valence-corrected chi connectivity index (χ4v) is 3.60. The second kappa shape index (κ2) is 7.42. The lowest BCUT2D eigenvalue weighted by molar-refractivity contribution is -0.126. The molecular formula is C11H24ClN3O3S. The predicted molar refractivity (Wildman–Crippen MR) is 77.7 cm³/mol.